The first kappa shape index (κ1) is 38.5. The normalized spacial score (nSPS) is 35.1. The third-order valence-electron chi connectivity index (χ3n) is 9.78. The molecular weight excluding hydrogens is 588 g/mol. The lowest BCUT2D eigenvalue weighted by Gasteiger charge is -2.47. The number of cyclic esters (lactones) is 1. The number of nitrogens with zero attached hydrogens (tertiary/aromatic N) is 4. The smallest absolute Gasteiger partial charge is 0.319 e. The van der Waals surface area contributed by atoms with Crippen molar-refractivity contribution in [3.8, 4) is 0 Å². The van der Waals surface area contributed by atoms with Crippen LogP contribution in [-0.4, -0.2) is 134 Å². The van der Waals surface area contributed by atoms with Crippen LogP contribution < -0.4 is 0 Å². The van der Waals surface area contributed by atoms with Gasteiger partial charge in [-0.05, 0) is 98.7 Å². The monoisotopic (exact) mass is 648 g/mol. The topological polar surface area (TPSA) is 114 Å². The lowest BCUT2D eigenvalue weighted by atomic mass is 9.74. The fraction of sp³-hybridized carbons (Fsp3) is 0.800. The number of aliphatic hydroxyl groups excluding tert-OH is 1. The molecule has 1 aromatic heterocycles. The van der Waals surface area contributed by atoms with E-state index in [0.717, 1.165) is 31.6 Å². The van der Waals surface area contributed by atoms with Crippen LogP contribution in [0.1, 0.15) is 66.4 Å². The Bertz CT molecular complexity index is 1110. The average Bonchev–Trinajstić information content (AvgIpc) is 2.99. The molecule has 2 fully saturated rings. The Kier molecular flexibility index (Phi) is 14.1. The highest BCUT2D eigenvalue weighted by molar-refractivity contribution is 6.04. The number of hydrogen-bond donors (Lipinski definition) is 1. The minimum absolute atomic E-state index is 0.160. The Hall–Kier alpha value is -1.99. The second-order valence-electron chi connectivity index (χ2n) is 14.6. The molecule has 2 saturated heterocycles. The summed E-state index contributed by atoms with van der Waals surface area (Å²) in [5.74, 6) is -1.47. The molecule has 0 unspecified atom stereocenters. The van der Waals surface area contributed by atoms with Gasteiger partial charge < -0.3 is 33.9 Å². The number of aromatic nitrogens is 1. The van der Waals surface area contributed by atoms with E-state index in [9.17, 15) is 14.7 Å². The molecule has 2 aliphatic rings. The molecule has 0 aromatic carbocycles. The molecule has 0 radical (unpaired) electrons. The van der Waals surface area contributed by atoms with E-state index in [4.69, 9.17) is 18.9 Å². The van der Waals surface area contributed by atoms with Crippen LogP contribution >= 0.6 is 0 Å². The third-order valence-corrected chi connectivity index (χ3v) is 9.78. The van der Waals surface area contributed by atoms with Crippen LogP contribution in [0.5, 0.6) is 0 Å². The van der Waals surface area contributed by atoms with Crippen LogP contribution in [0.4, 0.5) is 0 Å². The number of esters is 1. The molecule has 3 heterocycles. The van der Waals surface area contributed by atoms with Crippen molar-refractivity contribution >= 4 is 11.8 Å². The fourth-order valence-corrected chi connectivity index (χ4v) is 7.12. The first-order valence-corrected chi connectivity index (χ1v) is 16.8. The number of ether oxygens (including phenoxy) is 4. The molecule has 11 nitrogen and oxygen atoms in total. The summed E-state index contributed by atoms with van der Waals surface area (Å²) in [5.41, 5.74) is -1.27. The summed E-state index contributed by atoms with van der Waals surface area (Å²) in [7, 11) is 7.60. The van der Waals surface area contributed by atoms with Crippen LogP contribution in [0.15, 0.2) is 24.5 Å². The molecule has 8 atom stereocenters. The number of ketones is 1. The Morgan fingerprint density at radius 3 is 2.48 bits per heavy atom. The van der Waals surface area contributed by atoms with Crippen molar-refractivity contribution in [2.75, 3.05) is 61.0 Å². The standard InChI is InChI=1S/C35H60N4O7/c1-24-20-35(6,43-10)31(46-32-29(40)28(37(7)8)19-25(2)45-32)26(3)30(41)34(4,5)33(42)44-18-17-39(16-12-15-38(9)22-24)23-27-13-11-14-36-21-27/h11,13-14,21,24-26,28-29,31-32,40H,12,15-20,22-23H2,1-10H3/t24-,25-,26+,28+,29-,31-,32+,35-/m1/s1. The summed E-state index contributed by atoms with van der Waals surface area (Å²) >= 11 is 0. The summed E-state index contributed by atoms with van der Waals surface area (Å²) in [4.78, 5) is 38.6. The van der Waals surface area contributed by atoms with Crippen molar-refractivity contribution in [2.45, 2.75) is 104 Å². The molecule has 0 spiro atoms. The van der Waals surface area contributed by atoms with Crippen LogP contribution in [0.25, 0.3) is 0 Å². The molecule has 2 aliphatic heterocycles. The number of Topliss-reactive ketones (excluding diaryl/α,β-unsaturated/α-hetero) is 1. The molecule has 11 heteroatoms. The quantitative estimate of drug-likeness (QED) is 0.362. The summed E-state index contributed by atoms with van der Waals surface area (Å²) in [6, 6.07) is 3.79. The van der Waals surface area contributed by atoms with Crippen molar-refractivity contribution in [3.05, 3.63) is 30.1 Å². The molecule has 262 valence electrons. The van der Waals surface area contributed by atoms with E-state index < -0.39 is 41.4 Å². The van der Waals surface area contributed by atoms with Gasteiger partial charge in [0.15, 0.2) is 12.1 Å². The minimum Gasteiger partial charge on any atom is -0.464 e. The van der Waals surface area contributed by atoms with E-state index >= 15 is 0 Å². The fourth-order valence-electron chi connectivity index (χ4n) is 7.12. The molecule has 3 rings (SSSR count). The molecule has 46 heavy (non-hydrogen) atoms. The minimum atomic E-state index is -1.44. The van der Waals surface area contributed by atoms with Crippen LogP contribution in [0, 0.1) is 17.3 Å². The number of likely N-dealkylation sites (N-methyl/N-ethyl adjacent to an activating group) is 1. The van der Waals surface area contributed by atoms with Crippen LogP contribution in [-0.2, 0) is 35.1 Å². The zero-order valence-electron chi connectivity index (χ0n) is 29.9. The molecule has 0 aliphatic carbocycles. The van der Waals surface area contributed by atoms with Gasteiger partial charge in [-0.1, -0.05) is 19.9 Å². The van der Waals surface area contributed by atoms with Gasteiger partial charge in [0.05, 0.1) is 17.8 Å². The molecule has 0 amide bonds. The van der Waals surface area contributed by atoms with Crippen molar-refractivity contribution < 1.29 is 33.6 Å². The van der Waals surface area contributed by atoms with Crippen LogP contribution in [0.2, 0.25) is 0 Å². The van der Waals surface area contributed by atoms with E-state index in [1.54, 1.807) is 34.1 Å². The highest BCUT2D eigenvalue weighted by Gasteiger charge is 2.51. The van der Waals surface area contributed by atoms with Gasteiger partial charge in [-0.3, -0.25) is 19.5 Å². The number of carbonyl (C=O) groups excluding carboxylic acids is 2. The first-order chi connectivity index (χ1) is 21.6. The molecule has 0 saturated carbocycles. The van der Waals surface area contributed by atoms with Gasteiger partial charge in [0.25, 0.3) is 0 Å². The number of carbonyl (C=O) groups is 2. The Morgan fingerprint density at radius 1 is 1.13 bits per heavy atom. The zero-order valence-corrected chi connectivity index (χ0v) is 29.9. The molecular formula is C35H60N4O7. The lowest BCUT2D eigenvalue weighted by Crippen LogP contribution is -2.59. The Morgan fingerprint density at radius 2 is 1.85 bits per heavy atom. The third kappa shape index (κ3) is 10.0. The zero-order chi connectivity index (χ0) is 34.2. The Labute approximate surface area is 276 Å². The predicted octanol–water partition coefficient (Wildman–Crippen LogP) is 3.24. The average molecular weight is 649 g/mol. The maximum atomic E-state index is 14.3. The predicted molar refractivity (Wildman–Crippen MR) is 177 cm³/mol. The van der Waals surface area contributed by atoms with E-state index in [2.05, 4.69) is 28.8 Å². The molecule has 0 bridgehead atoms. The Balaban J connectivity index is 1.92. The van der Waals surface area contributed by atoms with Gasteiger partial charge in [0, 0.05) is 51.1 Å². The van der Waals surface area contributed by atoms with E-state index in [1.165, 1.54) is 0 Å². The maximum absolute atomic E-state index is 14.3. The van der Waals surface area contributed by atoms with E-state index in [0.29, 0.717) is 25.9 Å². The number of hydrogen-bond acceptors (Lipinski definition) is 11. The largest absolute Gasteiger partial charge is 0.464 e. The van der Waals surface area contributed by atoms with Gasteiger partial charge in [-0.25, -0.2) is 0 Å². The van der Waals surface area contributed by atoms with Crippen LogP contribution in [0.3, 0.4) is 0 Å². The van der Waals surface area contributed by atoms with Gasteiger partial charge in [0.1, 0.15) is 18.1 Å². The van der Waals surface area contributed by atoms with Gasteiger partial charge in [-0.15, -0.1) is 0 Å². The summed E-state index contributed by atoms with van der Waals surface area (Å²) in [5, 5.41) is 11.3. The number of methoxy groups -OCH3 is 1. The van der Waals surface area contributed by atoms with Crippen molar-refractivity contribution in [1.82, 2.24) is 19.7 Å². The number of aliphatic hydroxyl groups is 1. The second kappa shape index (κ2) is 16.9. The highest BCUT2D eigenvalue weighted by atomic mass is 16.7. The maximum Gasteiger partial charge on any atom is 0.319 e. The second-order valence-corrected chi connectivity index (χ2v) is 14.6. The van der Waals surface area contributed by atoms with Crippen molar-refractivity contribution in [1.29, 1.82) is 0 Å². The SMILES string of the molecule is CO[C@]1(C)C[C@@H](C)CN(C)CCCN(Cc2cccnc2)CCOC(=O)C(C)(C)C(=O)[C@H](C)[C@H]1O[C@@H]1O[C@H](C)C[C@H](N(C)C)[C@H]1O. The van der Waals surface area contributed by atoms with Crippen molar-refractivity contribution in [2.24, 2.45) is 17.3 Å². The summed E-state index contributed by atoms with van der Waals surface area (Å²) < 4.78 is 24.8. The van der Waals surface area contributed by atoms with E-state index in [1.807, 2.05) is 51.2 Å². The van der Waals surface area contributed by atoms with Gasteiger partial charge in [-0.2, -0.15) is 0 Å². The number of pyridine rings is 1. The summed E-state index contributed by atoms with van der Waals surface area (Å²) in [6.45, 7) is 15.0. The van der Waals surface area contributed by atoms with Crippen molar-refractivity contribution in [3.63, 3.8) is 0 Å². The molecule has 1 aromatic rings. The number of rotatable bonds is 6. The van der Waals surface area contributed by atoms with Gasteiger partial charge >= 0.3 is 5.97 Å². The summed E-state index contributed by atoms with van der Waals surface area (Å²) in [6.07, 6.45) is 2.90. The van der Waals surface area contributed by atoms with Gasteiger partial charge in [0.2, 0.25) is 0 Å². The highest BCUT2D eigenvalue weighted by Crippen LogP contribution is 2.38. The molecule has 1 N–H and O–H groups in total. The first-order valence-electron chi connectivity index (χ1n) is 16.8. The van der Waals surface area contributed by atoms with E-state index in [-0.39, 0.29) is 30.5 Å². The lowest BCUT2D eigenvalue weighted by molar-refractivity contribution is -0.295.